The third-order valence-electron chi connectivity index (χ3n) is 0.762. The van der Waals surface area contributed by atoms with Gasteiger partial charge in [0.1, 0.15) is 0 Å². The molecule has 0 amide bonds. The van der Waals surface area contributed by atoms with Crippen LogP contribution in [-0.2, 0) is 0 Å². The van der Waals surface area contributed by atoms with Crippen LogP contribution in [0.25, 0.3) is 0 Å². The third kappa shape index (κ3) is 11.1. The van der Waals surface area contributed by atoms with Crippen LogP contribution < -0.4 is 0 Å². The van der Waals surface area contributed by atoms with Gasteiger partial charge in [-0.2, -0.15) is 0 Å². The van der Waals surface area contributed by atoms with Gasteiger partial charge in [-0.1, -0.05) is 19.8 Å². The van der Waals surface area contributed by atoms with E-state index in [4.69, 9.17) is 5.11 Å². The Balaban J connectivity index is 0. The summed E-state index contributed by atoms with van der Waals surface area (Å²) in [5.41, 5.74) is 0. The zero-order chi connectivity index (χ0) is 4.83. The molecule has 2 heteroatoms. The molecule has 7 heavy (non-hydrogen) atoms. The predicted molar refractivity (Wildman–Crippen MR) is 26.6 cm³/mol. The van der Waals surface area contributed by atoms with Gasteiger partial charge in [0.15, 0.2) is 0 Å². The van der Waals surface area contributed by atoms with Gasteiger partial charge in [-0.05, 0) is 6.42 Å². The number of hydrogen-bond acceptors (Lipinski definition) is 1. The summed E-state index contributed by atoms with van der Waals surface area (Å²) in [4.78, 5) is 0. The molecule has 0 aliphatic rings. The Morgan fingerprint density at radius 1 is 1.29 bits per heavy atom. The molecule has 0 aromatic heterocycles. The molecule has 0 saturated heterocycles. The van der Waals surface area contributed by atoms with Gasteiger partial charge in [0.05, 0.1) is 0 Å². The van der Waals surface area contributed by atoms with Gasteiger partial charge in [-0.15, -0.1) is 0 Å². The third-order valence-corrected chi connectivity index (χ3v) is 0.762. The summed E-state index contributed by atoms with van der Waals surface area (Å²) in [6, 6.07) is 0. The van der Waals surface area contributed by atoms with Crippen LogP contribution in [0.4, 0.5) is 0 Å². The van der Waals surface area contributed by atoms with E-state index in [1.165, 1.54) is 6.42 Å². The molecule has 1 nitrogen and oxygen atoms in total. The predicted octanol–water partition coefficient (Wildman–Crippen LogP) is 1.17. The second-order valence-corrected chi connectivity index (χ2v) is 1.43. The molecule has 42 valence electrons. The van der Waals surface area contributed by atoms with E-state index in [0.717, 1.165) is 12.8 Å². The maximum atomic E-state index is 8.20. The first-order valence-corrected chi connectivity index (χ1v) is 2.52. The summed E-state index contributed by atoms with van der Waals surface area (Å²) < 4.78 is 0. The van der Waals surface area contributed by atoms with Crippen LogP contribution in [0.5, 0.6) is 0 Å². The molecule has 0 heterocycles. The first-order chi connectivity index (χ1) is 2.91. The molecule has 0 rings (SSSR count). The Morgan fingerprint density at radius 2 is 1.86 bits per heavy atom. The van der Waals surface area contributed by atoms with E-state index in [-0.39, 0.29) is 41.7 Å². The maximum absolute atomic E-state index is 8.20. The van der Waals surface area contributed by atoms with E-state index in [2.05, 4.69) is 6.92 Å². The van der Waals surface area contributed by atoms with Crippen molar-refractivity contribution < 1.29 is 46.9 Å². The van der Waals surface area contributed by atoms with Crippen LogP contribution in [0.2, 0.25) is 0 Å². The van der Waals surface area contributed by atoms with Crippen molar-refractivity contribution in [2.24, 2.45) is 0 Å². The van der Waals surface area contributed by atoms with Crippen molar-refractivity contribution in [2.45, 2.75) is 26.2 Å². The molecule has 1 N–H and O–H groups in total. The molecule has 0 aliphatic carbocycles. The van der Waals surface area contributed by atoms with Crippen molar-refractivity contribution in [3.05, 3.63) is 0 Å². The number of aliphatic hydroxyl groups excluding tert-OH is 1. The topological polar surface area (TPSA) is 20.2 Å². The number of unbranched alkanes of at least 4 members (excludes halogenated alkanes) is 2. The Labute approximate surface area is 78.9 Å². The zero-order valence-electron chi connectivity index (χ0n) is 4.78. The fourth-order valence-corrected chi connectivity index (χ4v) is 0.362. The van der Waals surface area contributed by atoms with E-state index < -0.39 is 0 Å². The van der Waals surface area contributed by atoms with E-state index >= 15 is 0 Å². The van der Waals surface area contributed by atoms with Crippen molar-refractivity contribution in [2.75, 3.05) is 6.61 Å². The van der Waals surface area contributed by atoms with Crippen molar-refractivity contribution >= 4 is 0 Å². The largest absolute Gasteiger partial charge is 0.396 e. The molecule has 0 aliphatic heterocycles. The quantitative estimate of drug-likeness (QED) is 0.719. The summed E-state index contributed by atoms with van der Waals surface area (Å²) in [7, 11) is 0. The molecule has 0 aromatic rings. The van der Waals surface area contributed by atoms with Gasteiger partial charge in [-0.25, -0.2) is 0 Å². The van der Waals surface area contributed by atoms with Crippen LogP contribution in [-0.4, -0.2) is 11.7 Å². The molecule has 0 unspecified atom stereocenters. The van der Waals surface area contributed by atoms with E-state index in [9.17, 15) is 0 Å². The molecule has 0 radical (unpaired) electrons. The summed E-state index contributed by atoms with van der Waals surface area (Å²) in [6.07, 6.45) is 3.33. The summed E-state index contributed by atoms with van der Waals surface area (Å²) in [5, 5.41) is 8.20. The van der Waals surface area contributed by atoms with Crippen molar-refractivity contribution in [1.29, 1.82) is 0 Å². The molecule has 0 aromatic carbocycles. The molecule has 0 saturated carbocycles. The number of hydrogen-bond donors (Lipinski definition) is 1. The van der Waals surface area contributed by atoms with Crippen LogP contribution in [0.1, 0.15) is 26.2 Å². The Hall–Kier alpha value is 1.34. The fourth-order valence-electron chi connectivity index (χ4n) is 0.362. The van der Waals surface area contributed by atoms with Crippen molar-refractivity contribution in [3.63, 3.8) is 0 Å². The zero-order valence-corrected chi connectivity index (χ0v) is 7.92. The monoisotopic (exact) mass is 228 g/mol. The minimum atomic E-state index is 0. The normalized spacial score (nSPS) is 7.71. The second-order valence-electron chi connectivity index (χ2n) is 1.43. The molecule has 0 spiro atoms. The Kier molecular flexibility index (Phi) is 16.5. The van der Waals surface area contributed by atoms with Gasteiger partial charge >= 0.3 is 0 Å². The molecule has 0 bridgehead atoms. The smallest absolute Gasteiger partial charge is 0.0431 e. The molecular formula is C5H12CeO. The first kappa shape index (κ1) is 11.2. The average molecular weight is 228 g/mol. The molecule has 0 atom stereocenters. The van der Waals surface area contributed by atoms with Crippen molar-refractivity contribution in [1.82, 2.24) is 0 Å². The maximum Gasteiger partial charge on any atom is 0.0431 e. The van der Waals surface area contributed by atoms with Crippen LogP contribution in [0, 0.1) is 41.7 Å². The summed E-state index contributed by atoms with van der Waals surface area (Å²) in [5.74, 6) is 0. The number of rotatable bonds is 3. The first-order valence-electron chi connectivity index (χ1n) is 2.52. The van der Waals surface area contributed by atoms with Gasteiger partial charge in [0.2, 0.25) is 0 Å². The van der Waals surface area contributed by atoms with Crippen LogP contribution >= 0.6 is 0 Å². The standard InChI is InChI=1S/C5H12O.Ce/c1-2-3-4-5-6;/h6H,2-5H2,1H3;. The second kappa shape index (κ2) is 10.3. The SMILES string of the molecule is CCCCCO.[Ce]. The number of aliphatic hydroxyl groups is 1. The van der Waals surface area contributed by atoms with Gasteiger partial charge in [-0.3, -0.25) is 0 Å². The average Bonchev–Trinajstić information content (AvgIpc) is 1.61. The van der Waals surface area contributed by atoms with Gasteiger partial charge in [0.25, 0.3) is 0 Å². The van der Waals surface area contributed by atoms with E-state index in [1.54, 1.807) is 0 Å². The molecular weight excluding hydrogens is 216 g/mol. The summed E-state index contributed by atoms with van der Waals surface area (Å²) in [6.45, 7) is 2.48. The molecule has 0 fully saturated rings. The Bertz CT molecular complexity index is 20.0. The van der Waals surface area contributed by atoms with Gasteiger partial charge in [0, 0.05) is 48.4 Å². The summed E-state index contributed by atoms with van der Waals surface area (Å²) >= 11 is 0. The fraction of sp³-hybridized carbons (Fsp3) is 1.00. The minimum absolute atomic E-state index is 0. The van der Waals surface area contributed by atoms with Gasteiger partial charge < -0.3 is 5.11 Å². The van der Waals surface area contributed by atoms with Crippen LogP contribution in [0.3, 0.4) is 0 Å². The van der Waals surface area contributed by atoms with Crippen LogP contribution in [0.15, 0.2) is 0 Å². The minimum Gasteiger partial charge on any atom is -0.396 e. The van der Waals surface area contributed by atoms with E-state index in [0.29, 0.717) is 6.61 Å². The van der Waals surface area contributed by atoms with E-state index in [1.807, 2.05) is 0 Å². The Morgan fingerprint density at radius 3 is 2.00 bits per heavy atom. The van der Waals surface area contributed by atoms with Crippen molar-refractivity contribution in [3.8, 4) is 0 Å².